The van der Waals surface area contributed by atoms with Crippen molar-refractivity contribution in [1.29, 1.82) is 0 Å². The summed E-state index contributed by atoms with van der Waals surface area (Å²) in [6, 6.07) is 15.4. The van der Waals surface area contributed by atoms with Crippen LogP contribution in [0.1, 0.15) is 43.5 Å². The van der Waals surface area contributed by atoms with Crippen LogP contribution in [-0.2, 0) is 7.05 Å². The van der Waals surface area contributed by atoms with Crippen LogP contribution in [-0.4, -0.2) is 27.0 Å². The van der Waals surface area contributed by atoms with Crippen LogP contribution in [0.25, 0.3) is 22.3 Å². The molecule has 6 nitrogen and oxygen atoms in total. The highest BCUT2D eigenvalue weighted by molar-refractivity contribution is 5.81. The summed E-state index contributed by atoms with van der Waals surface area (Å²) in [5, 5.41) is 5.11. The molecule has 164 valence electrons. The Morgan fingerprint density at radius 1 is 1.16 bits per heavy atom. The van der Waals surface area contributed by atoms with E-state index in [1.807, 2.05) is 68.1 Å². The van der Waals surface area contributed by atoms with Gasteiger partial charge in [-0.1, -0.05) is 26.0 Å². The van der Waals surface area contributed by atoms with E-state index in [9.17, 15) is 4.79 Å². The molecule has 0 amide bonds. The van der Waals surface area contributed by atoms with Crippen LogP contribution in [0.2, 0.25) is 0 Å². The lowest BCUT2D eigenvalue weighted by Crippen LogP contribution is -2.21. The molecule has 0 fully saturated rings. The standard InChI is InChI=1S/C26H28N4O2/c1-6-32-24-14-18(4)22(15-21(24)17(2)3)25-28-23-12-8-7-11-20(23)26(31)30(25)27-16-19-10-9-13-29(19)5/h7-17H,6H2,1-5H3. The van der Waals surface area contributed by atoms with Crippen molar-refractivity contribution in [2.45, 2.75) is 33.6 Å². The van der Waals surface area contributed by atoms with Crippen molar-refractivity contribution in [3.8, 4) is 17.1 Å². The molecule has 0 radical (unpaired) electrons. The minimum Gasteiger partial charge on any atom is -0.494 e. The number of aromatic nitrogens is 3. The Morgan fingerprint density at radius 3 is 2.62 bits per heavy atom. The van der Waals surface area contributed by atoms with Crippen LogP contribution in [0.5, 0.6) is 5.75 Å². The van der Waals surface area contributed by atoms with Crippen LogP contribution < -0.4 is 10.3 Å². The van der Waals surface area contributed by atoms with E-state index < -0.39 is 0 Å². The largest absolute Gasteiger partial charge is 0.494 e. The number of aryl methyl sites for hydroxylation is 2. The molecule has 0 N–H and O–H groups in total. The molecule has 0 aliphatic carbocycles. The van der Waals surface area contributed by atoms with Crippen molar-refractivity contribution in [1.82, 2.24) is 14.2 Å². The van der Waals surface area contributed by atoms with Gasteiger partial charge in [-0.2, -0.15) is 9.78 Å². The van der Waals surface area contributed by atoms with E-state index in [0.717, 1.165) is 28.1 Å². The molecule has 0 atom stereocenters. The molecule has 4 aromatic rings. The third-order valence-electron chi connectivity index (χ3n) is 5.56. The minimum absolute atomic E-state index is 0.199. The lowest BCUT2D eigenvalue weighted by Gasteiger charge is -2.18. The molecule has 0 bridgehead atoms. The van der Waals surface area contributed by atoms with E-state index in [0.29, 0.717) is 23.3 Å². The number of benzene rings is 2. The lowest BCUT2D eigenvalue weighted by molar-refractivity contribution is 0.335. The van der Waals surface area contributed by atoms with E-state index in [-0.39, 0.29) is 11.5 Å². The zero-order valence-electron chi connectivity index (χ0n) is 19.2. The number of rotatable bonds is 6. The SMILES string of the molecule is CCOc1cc(C)c(-c2nc3ccccc3c(=O)n2N=Cc2cccn2C)cc1C(C)C. The van der Waals surface area contributed by atoms with Gasteiger partial charge in [0, 0.05) is 18.8 Å². The average Bonchev–Trinajstić information content (AvgIpc) is 3.18. The molecule has 0 unspecified atom stereocenters. The molecular formula is C26H28N4O2. The maximum absolute atomic E-state index is 13.4. The third-order valence-corrected chi connectivity index (χ3v) is 5.56. The summed E-state index contributed by atoms with van der Waals surface area (Å²) < 4.78 is 9.23. The van der Waals surface area contributed by atoms with Crippen LogP contribution in [0.3, 0.4) is 0 Å². The van der Waals surface area contributed by atoms with Gasteiger partial charge >= 0.3 is 0 Å². The molecule has 2 aromatic heterocycles. The van der Waals surface area contributed by atoms with Crippen molar-refractivity contribution in [2.24, 2.45) is 12.1 Å². The molecule has 4 rings (SSSR count). The summed E-state index contributed by atoms with van der Waals surface area (Å²) in [7, 11) is 1.94. The number of fused-ring (bicyclic) bond motifs is 1. The van der Waals surface area contributed by atoms with Gasteiger partial charge in [-0.3, -0.25) is 4.79 Å². The summed E-state index contributed by atoms with van der Waals surface area (Å²) in [5.74, 6) is 1.63. The fourth-order valence-electron chi connectivity index (χ4n) is 3.80. The maximum Gasteiger partial charge on any atom is 0.282 e. The first-order valence-electron chi connectivity index (χ1n) is 10.9. The average molecular weight is 429 g/mol. The predicted octanol–water partition coefficient (Wildman–Crippen LogP) is 5.11. The van der Waals surface area contributed by atoms with Crippen LogP contribution in [0, 0.1) is 6.92 Å². The first-order valence-corrected chi connectivity index (χ1v) is 10.9. The summed E-state index contributed by atoms with van der Waals surface area (Å²) in [6.07, 6.45) is 3.63. The number of hydrogen-bond donors (Lipinski definition) is 0. The van der Waals surface area contributed by atoms with Crippen molar-refractivity contribution in [3.63, 3.8) is 0 Å². The van der Waals surface area contributed by atoms with Crippen LogP contribution in [0.4, 0.5) is 0 Å². The molecule has 0 spiro atoms. The Balaban J connectivity index is 2.00. The van der Waals surface area contributed by atoms with E-state index in [1.54, 1.807) is 12.3 Å². The Morgan fingerprint density at radius 2 is 1.94 bits per heavy atom. The normalized spacial score (nSPS) is 11.7. The second kappa shape index (κ2) is 8.83. The number of hydrogen-bond acceptors (Lipinski definition) is 4. The molecule has 0 aliphatic heterocycles. The fourth-order valence-corrected chi connectivity index (χ4v) is 3.80. The zero-order valence-corrected chi connectivity index (χ0v) is 19.2. The van der Waals surface area contributed by atoms with Gasteiger partial charge in [0.25, 0.3) is 5.56 Å². The van der Waals surface area contributed by atoms with E-state index in [1.165, 1.54) is 4.68 Å². The highest BCUT2D eigenvalue weighted by Gasteiger charge is 2.18. The molecular weight excluding hydrogens is 400 g/mol. The summed E-state index contributed by atoms with van der Waals surface area (Å²) in [6.45, 7) is 8.85. The predicted molar refractivity (Wildman–Crippen MR) is 130 cm³/mol. The number of para-hydroxylation sites is 1. The van der Waals surface area contributed by atoms with Crippen LogP contribution in [0.15, 0.2) is 64.6 Å². The molecule has 6 heteroatoms. The van der Waals surface area contributed by atoms with E-state index in [4.69, 9.17) is 9.72 Å². The fraction of sp³-hybridized carbons (Fsp3) is 0.269. The molecule has 0 saturated heterocycles. The monoisotopic (exact) mass is 428 g/mol. The van der Waals surface area contributed by atoms with Gasteiger partial charge in [0.05, 0.1) is 29.4 Å². The Bertz CT molecular complexity index is 1360. The topological polar surface area (TPSA) is 61.4 Å². The van der Waals surface area contributed by atoms with Crippen molar-refractivity contribution < 1.29 is 4.74 Å². The van der Waals surface area contributed by atoms with Crippen LogP contribution >= 0.6 is 0 Å². The minimum atomic E-state index is -0.199. The Hall–Kier alpha value is -3.67. The van der Waals surface area contributed by atoms with E-state index in [2.05, 4.69) is 25.0 Å². The van der Waals surface area contributed by atoms with Gasteiger partial charge < -0.3 is 9.30 Å². The smallest absolute Gasteiger partial charge is 0.282 e. The summed E-state index contributed by atoms with van der Waals surface area (Å²) >= 11 is 0. The Labute approximate surface area is 187 Å². The second-order valence-electron chi connectivity index (χ2n) is 8.15. The highest BCUT2D eigenvalue weighted by atomic mass is 16.5. The number of ether oxygens (including phenoxy) is 1. The van der Waals surface area contributed by atoms with Gasteiger partial charge in [0.2, 0.25) is 0 Å². The summed E-state index contributed by atoms with van der Waals surface area (Å²) in [5.41, 5.74) is 4.26. The highest BCUT2D eigenvalue weighted by Crippen LogP contribution is 2.34. The first-order chi connectivity index (χ1) is 15.4. The second-order valence-corrected chi connectivity index (χ2v) is 8.15. The van der Waals surface area contributed by atoms with Gasteiger partial charge in [0.1, 0.15) is 5.75 Å². The van der Waals surface area contributed by atoms with Gasteiger partial charge in [-0.05, 0) is 67.3 Å². The molecule has 32 heavy (non-hydrogen) atoms. The summed E-state index contributed by atoms with van der Waals surface area (Å²) in [4.78, 5) is 18.3. The van der Waals surface area contributed by atoms with Gasteiger partial charge in [0.15, 0.2) is 5.82 Å². The lowest BCUT2D eigenvalue weighted by atomic mass is 9.96. The van der Waals surface area contributed by atoms with Crippen molar-refractivity contribution >= 4 is 17.1 Å². The Kier molecular flexibility index (Phi) is 5.95. The first kappa shape index (κ1) is 21.6. The van der Waals surface area contributed by atoms with Crippen molar-refractivity contribution in [2.75, 3.05) is 6.61 Å². The van der Waals surface area contributed by atoms with Gasteiger partial charge in [-0.15, -0.1) is 0 Å². The number of nitrogens with zero attached hydrogens (tertiary/aromatic N) is 4. The third kappa shape index (κ3) is 3.96. The zero-order chi connectivity index (χ0) is 22.8. The van der Waals surface area contributed by atoms with E-state index >= 15 is 0 Å². The maximum atomic E-state index is 13.4. The quantitative estimate of drug-likeness (QED) is 0.401. The molecule has 0 aliphatic rings. The van der Waals surface area contributed by atoms with Crippen molar-refractivity contribution in [3.05, 3.63) is 81.9 Å². The van der Waals surface area contributed by atoms with Gasteiger partial charge in [-0.25, -0.2) is 4.98 Å². The molecule has 0 saturated carbocycles. The molecule has 2 aromatic carbocycles. The molecule has 2 heterocycles.